The normalized spacial score (nSPS) is 12.4. The average Bonchev–Trinajstić information content (AvgIpc) is 2.39. The fraction of sp³-hybridized carbons (Fsp3) is 0.231. The fourth-order valence-corrected chi connectivity index (χ4v) is 2.23. The molecule has 1 aromatic heterocycles. The summed E-state index contributed by atoms with van der Waals surface area (Å²) in [5.41, 5.74) is 1.86. The van der Waals surface area contributed by atoms with E-state index in [1.165, 1.54) is 5.56 Å². The number of thioether (sulfide) groups is 1. The predicted molar refractivity (Wildman–Crippen MR) is 68.9 cm³/mol. The van der Waals surface area contributed by atoms with Crippen LogP contribution in [0.4, 0.5) is 0 Å². The molecular formula is C13H14N2OS. The summed E-state index contributed by atoms with van der Waals surface area (Å²) in [5, 5.41) is 9.91. The SMILES string of the molecule is Cc1ccc(SCC(O)c2cnccn2)cc1. The number of hydrogen-bond donors (Lipinski definition) is 1. The second-order valence-electron chi connectivity index (χ2n) is 3.77. The molecule has 0 bridgehead atoms. The van der Waals surface area contributed by atoms with E-state index in [9.17, 15) is 5.11 Å². The van der Waals surface area contributed by atoms with Crippen LogP contribution in [-0.2, 0) is 0 Å². The van der Waals surface area contributed by atoms with Crippen molar-refractivity contribution in [2.75, 3.05) is 5.75 Å². The number of aliphatic hydroxyl groups excluding tert-OH is 1. The van der Waals surface area contributed by atoms with E-state index in [1.807, 2.05) is 0 Å². The van der Waals surface area contributed by atoms with Gasteiger partial charge in [-0.2, -0.15) is 0 Å². The lowest BCUT2D eigenvalue weighted by Crippen LogP contribution is -2.03. The molecule has 2 aromatic rings. The van der Waals surface area contributed by atoms with E-state index in [0.717, 1.165) is 4.90 Å². The minimum Gasteiger partial charge on any atom is -0.386 e. The first-order valence-corrected chi connectivity index (χ1v) is 6.38. The summed E-state index contributed by atoms with van der Waals surface area (Å²) >= 11 is 1.61. The Bertz CT molecular complexity index is 459. The molecule has 17 heavy (non-hydrogen) atoms. The van der Waals surface area contributed by atoms with Crippen LogP contribution in [0.15, 0.2) is 47.8 Å². The molecule has 2 rings (SSSR count). The summed E-state index contributed by atoms with van der Waals surface area (Å²) in [6.45, 7) is 2.06. The summed E-state index contributed by atoms with van der Waals surface area (Å²) in [6.07, 6.45) is 4.22. The number of aromatic nitrogens is 2. The van der Waals surface area contributed by atoms with Gasteiger partial charge in [-0.3, -0.25) is 9.97 Å². The summed E-state index contributed by atoms with van der Waals surface area (Å²) < 4.78 is 0. The van der Waals surface area contributed by atoms with E-state index in [0.29, 0.717) is 11.4 Å². The summed E-state index contributed by atoms with van der Waals surface area (Å²) in [6, 6.07) is 8.25. The van der Waals surface area contributed by atoms with Crippen LogP contribution in [0, 0.1) is 6.92 Å². The van der Waals surface area contributed by atoms with Crippen molar-refractivity contribution in [1.29, 1.82) is 0 Å². The maximum atomic E-state index is 9.91. The quantitative estimate of drug-likeness (QED) is 0.842. The smallest absolute Gasteiger partial charge is 0.107 e. The van der Waals surface area contributed by atoms with Crippen molar-refractivity contribution in [2.45, 2.75) is 17.9 Å². The number of nitrogens with zero attached hydrogens (tertiary/aromatic N) is 2. The Morgan fingerprint density at radius 2 is 2.00 bits per heavy atom. The molecule has 0 radical (unpaired) electrons. The van der Waals surface area contributed by atoms with Crippen molar-refractivity contribution in [3.05, 3.63) is 54.1 Å². The maximum absolute atomic E-state index is 9.91. The van der Waals surface area contributed by atoms with Crippen molar-refractivity contribution in [1.82, 2.24) is 9.97 Å². The lowest BCUT2D eigenvalue weighted by atomic mass is 10.2. The molecule has 1 unspecified atom stereocenters. The Kier molecular flexibility index (Phi) is 4.12. The van der Waals surface area contributed by atoms with Gasteiger partial charge in [-0.25, -0.2) is 0 Å². The lowest BCUT2D eigenvalue weighted by Gasteiger charge is -2.08. The van der Waals surface area contributed by atoms with Gasteiger partial charge in [0.2, 0.25) is 0 Å². The Morgan fingerprint density at radius 3 is 2.65 bits per heavy atom. The largest absolute Gasteiger partial charge is 0.386 e. The molecule has 0 saturated heterocycles. The van der Waals surface area contributed by atoms with Gasteiger partial charge in [0, 0.05) is 23.0 Å². The van der Waals surface area contributed by atoms with Crippen LogP contribution in [0.5, 0.6) is 0 Å². The highest BCUT2D eigenvalue weighted by Crippen LogP contribution is 2.23. The number of rotatable bonds is 4. The molecule has 0 fully saturated rings. The zero-order valence-electron chi connectivity index (χ0n) is 9.58. The third kappa shape index (κ3) is 3.54. The molecule has 3 nitrogen and oxygen atoms in total. The zero-order chi connectivity index (χ0) is 12.1. The van der Waals surface area contributed by atoms with Gasteiger partial charge in [-0.1, -0.05) is 17.7 Å². The molecule has 1 atom stereocenters. The molecule has 1 heterocycles. The first-order chi connectivity index (χ1) is 8.25. The van der Waals surface area contributed by atoms with E-state index < -0.39 is 6.10 Å². The van der Waals surface area contributed by atoms with Crippen LogP contribution in [0.25, 0.3) is 0 Å². The fourth-order valence-electron chi connectivity index (χ4n) is 1.38. The molecule has 0 spiro atoms. The van der Waals surface area contributed by atoms with Crippen LogP contribution in [0.3, 0.4) is 0 Å². The highest BCUT2D eigenvalue weighted by atomic mass is 32.2. The number of aliphatic hydroxyl groups is 1. The lowest BCUT2D eigenvalue weighted by molar-refractivity contribution is 0.198. The zero-order valence-corrected chi connectivity index (χ0v) is 10.4. The first kappa shape index (κ1) is 12.1. The van der Waals surface area contributed by atoms with Crippen molar-refractivity contribution in [3.8, 4) is 0 Å². The van der Waals surface area contributed by atoms with Gasteiger partial charge in [-0.15, -0.1) is 11.8 Å². The van der Waals surface area contributed by atoms with Crippen LogP contribution in [0.2, 0.25) is 0 Å². The molecule has 1 N–H and O–H groups in total. The number of benzene rings is 1. The van der Waals surface area contributed by atoms with Gasteiger partial charge in [0.05, 0.1) is 11.9 Å². The van der Waals surface area contributed by atoms with Gasteiger partial charge in [0.25, 0.3) is 0 Å². The minimum atomic E-state index is -0.574. The molecule has 4 heteroatoms. The van der Waals surface area contributed by atoms with E-state index in [1.54, 1.807) is 30.4 Å². The van der Waals surface area contributed by atoms with Gasteiger partial charge < -0.3 is 5.11 Å². The molecule has 0 amide bonds. The highest BCUT2D eigenvalue weighted by molar-refractivity contribution is 7.99. The van der Waals surface area contributed by atoms with Gasteiger partial charge in [0.1, 0.15) is 6.10 Å². The Hall–Kier alpha value is -1.39. The van der Waals surface area contributed by atoms with E-state index >= 15 is 0 Å². The second kappa shape index (κ2) is 5.80. The Balaban J connectivity index is 1.92. The maximum Gasteiger partial charge on any atom is 0.107 e. The van der Waals surface area contributed by atoms with Crippen LogP contribution >= 0.6 is 11.8 Å². The highest BCUT2D eigenvalue weighted by Gasteiger charge is 2.09. The molecule has 1 aromatic carbocycles. The summed E-state index contributed by atoms with van der Waals surface area (Å²) in [4.78, 5) is 9.17. The topological polar surface area (TPSA) is 46.0 Å². The van der Waals surface area contributed by atoms with E-state index in [2.05, 4.69) is 41.2 Å². The summed E-state index contributed by atoms with van der Waals surface area (Å²) in [5.74, 6) is 0.585. The van der Waals surface area contributed by atoms with Gasteiger partial charge >= 0.3 is 0 Å². The predicted octanol–water partition coefficient (Wildman–Crippen LogP) is 2.61. The van der Waals surface area contributed by atoms with Crippen LogP contribution in [-0.4, -0.2) is 20.8 Å². The average molecular weight is 246 g/mol. The standard InChI is InChI=1S/C13H14N2OS/c1-10-2-4-11(5-3-10)17-9-13(16)12-8-14-6-7-15-12/h2-8,13,16H,9H2,1H3. The summed E-state index contributed by atoms with van der Waals surface area (Å²) in [7, 11) is 0. The third-order valence-corrected chi connectivity index (χ3v) is 3.44. The van der Waals surface area contributed by atoms with Crippen molar-refractivity contribution >= 4 is 11.8 Å². The molecular weight excluding hydrogens is 232 g/mol. The monoisotopic (exact) mass is 246 g/mol. The first-order valence-electron chi connectivity index (χ1n) is 5.39. The van der Waals surface area contributed by atoms with Crippen LogP contribution < -0.4 is 0 Å². The van der Waals surface area contributed by atoms with E-state index in [-0.39, 0.29) is 0 Å². The number of aryl methyl sites for hydroxylation is 1. The molecule has 0 aliphatic carbocycles. The van der Waals surface area contributed by atoms with Crippen molar-refractivity contribution < 1.29 is 5.11 Å². The minimum absolute atomic E-state index is 0.574. The van der Waals surface area contributed by atoms with Crippen molar-refractivity contribution in [3.63, 3.8) is 0 Å². The molecule has 0 aliphatic heterocycles. The van der Waals surface area contributed by atoms with Crippen LogP contribution in [0.1, 0.15) is 17.4 Å². The molecule has 0 saturated carbocycles. The van der Waals surface area contributed by atoms with E-state index in [4.69, 9.17) is 0 Å². The molecule has 0 aliphatic rings. The van der Waals surface area contributed by atoms with Crippen molar-refractivity contribution in [2.24, 2.45) is 0 Å². The van der Waals surface area contributed by atoms with Gasteiger partial charge in [0.15, 0.2) is 0 Å². The third-order valence-electron chi connectivity index (χ3n) is 2.35. The van der Waals surface area contributed by atoms with Gasteiger partial charge in [-0.05, 0) is 19.1 Å². The Morgan fingerprint density at radius 1 is 1.24 bits per heavy atom. The second-order valence-corrected chi connectivity index (χ2v) is 4.86. The Labute approximate surface area is 105 Å². The molecule has 88 valence electrons. The number of hydrogen-bond acceptors (Lipinski definition) is 4.